The van der Waals surface area contributed by atoms with Crippen LogP contribution in [0.2, 0.25) is 0 Å². The van der Waals surface area contributed by atoms with Gasteiger partial charge in [0.05, 0.1) is 11.4 Å². The highest BCUT2D eigenvalue weighted by molar-refractivity contribution is 5.81. The van der Waals surface area contributed by atoms with Gasteiger partial charge in [-0.25, -0.2) is 9.97 Å². The fourth-order valence-corrected chi connectivity index (χ4v) is 3.89. The molecule has 0 aliphatic carbocycles. The summed E-state index contributed by atoms with van der Waals surface area (Å²) in [6, 6.07) is 36.5. The molecule has 4 aromatic carbocycles. The molecule has 2 aromatic heterocycles. The van der Waals surface area contributed by atoms with Gasteiger partial charge in [0.1, 0.15) is 11.3 Å². The normalized spacial score (nSPS) is 11.1. The molecule has 0 radical (unpaired) electrons. The number of rotatable bonds is 4. The van der Waals surface area contributed by atoms with Gasteiger partial charge in [0.25, 0.3) is 0 Å². The number of para-hydroxylation sites is 2. The van der Waals surface area contributed by atoms with Crippen LogP contribution in [0, 0.1) is 0 Å². The Bertz CT molecular complexity index is 1410. The molecule has 6 rings (SSSR count). The molecule has 0 fully saturated rings. The van der Waals surface area contributed by atoms with Crippen molar-refractivity contribution in [3.8, 4) is 45.4 Å². The highest BCUT2D eigenvalue weighted by atomic mass is 16.3. The zero-order valence-corrected chi connectivity index (χ0v) is 17.2. The van der Waals surface area contributed by atoms with E-state index < -0.39 is 0 Å². The van der Waals surface area contributed by atoms with Gasteiger partial charge in [-0.1, -0.05) is 84.9 Å². The molecule has 4 nitrogen and oxygen atoms in total. The number of benzene rings is 4. The van der Waals surface area contributed by atoms with Crippen LogP contribution in [0.15, 0.2) is 114 Å². The molecule has 0 atom stereocenters. The number of fused-ring (bicyclic) bond motifs is 1. The summed E-state index contributed by atoms with van der Waals surface area (Å²) >= 11 is 0. The zero-order valence-electron chi connectivity index (χ0n) is 17.2. The van der Waals surface area contributed by atoms with Crippen LogP contribution in [0.1, 0.15) is 0 Å². The molecule has 0 bridgehead atoms. The minimum atomic E-state index is 0.618. The quantitative estimate of drug-likeness (QED) is 0.332. The first-order valence-electron chi connectivity index (χ1n) is 10.5. The van der Waals surface area contributed by atoms with E-state index in [4.69, 9.17) is 9.40 Å². The summed E-state index contributed by atoms with van der Waals surface area (Å²) in [6.45, 7) is 0. The first kappa shape index (κ1) is 18.3. The van der Waals surface area contributed by atoms with Crippen LogP contribution in [-0.4, -0.2) is 15.0 Å². The topological polar surface area (TPSA) is 54.7 Å². The van der Waals surface area contributed by atoms with Crippen LogP contribution in [-0.2, 0) is 0 Å². The molecule has 32 heavy (non-hydrogen) atoms. The fraction of sp³-hybridized carbons (Fsp3) is 0. The van der Waals surface area contributed by atoms with Crippen LogP contribution in [0.25, 0.3) is 56.5 Å². The maximum atomic E-state index is 5.90. The van der Waals surface area contributed by atoms with Crippen molar-refractivity contribution >= 4 is 11.1 Å². The van der Waals surface area contributed by atoms with Crippen molar-refractivity contribution in [2.45, 2.75) is 0 Å². The van der Waals surface area contributed by atoms with Crippen molar-refractivity contribution in [1.29, 1.82) is 0 Å². The van der Waals surface area contributed by atoms with Crippen LogP contribution >= 0.6 is 0 Å². The molecule has 0 amide bonds. The second kappa shape index (κ2) is 7.67. The van der Waals surface area contributed by atoms with E-state index in [1.165, 1.54) is 0 Å². The SMILES string of the molecule is c1ccc(-c2nc(-c3ccc(-c4nc5ccccc5o4)cc3)[nH]c2-c2ccccc2)cc1. The van der Waals surface area contributed by atoms with Crippen LogP contribution in [0.4, 0.5) is 0 Å². The van der Waals surface area contributed by atoms with Crippen molar-refractivity contribution in [2.75, 3.05) is 0 Å². The third-order valence-electron chi connectivity index (χ3n) is 5.51. The second-order valence-electron chi connectivity index (χ2n) is 7.61. The number of hydrogen-bond donors (Lipinski definition) is 1. The number of nitrogens with one attached hydrogen (secondary N) is 1. The molecular formula is C28H19N3O. The number of hydrogen-bond acceptors (Lipinski definition) is 3. The van der Waals surface area contributed by atoms with E-state index in [0.29, 0.717) is 5.89 Å². The summed E-state index contributed by atoms with van der Waals surface area (Å²) in [7, 11) is 0. The van der Waals surface area contributed by atoms with Gasteiger partial charge in [0, 0.05) is 22.3 Å². The summed E-state index contributed by atoms with van der Waals surface area (Å²) < 4.78 is 5.90. The largest absolute Gasteiger partial charge is 0.436 e. The minimum absolute atomic E-state index is 0.618. The van der Waals surface area contributed by atoms with E-state index in [1.54, 1.807) is 0 Å². The molecule has 0 aliphatic rings. The molecule has 0 saturated carbocycles. The Balaban J connectivity index is 1.41. The Kier molecular flexibility index (Phi) is 4.40. The lowest BCUT2D eigenvalue weighted by Crippen LogP contribution is -1.83. The zero-order chi connectivity index (χ0) is 21.3. The van der Waals surface area contributed by atoms with E-state index >= 15 is 0 Å². The Morgan fingerprint density at radius 3 is 1.88 bits per heavy atom. The Hall–Kier alpha value is -4.44. The van der Waals surface area contributed by atoms with Gasteiger partial charge < -0.3 is 9.40 Å². The second-order valence-corrected chi connectivity index (χ2v) is 7.61. The number of oxazole rings is 1. The van der Waals surface area contributed by atoms with E-state index in [0.717, 1.165) is 50.6 Å². The number of aromatic nitrogens is 3. The lowest BCUT2D eigenvalue weighted by molar-refractivity contribution is 0.620. The van der Waals surface area contributed by atoms with Crippen LogP contribution in [0.3, 0.4) is 0 Å². The van der Waals surface area contributed by atoms with Gasteiger partial charge in [-0.2, -0.15) is 0 Å². The Labute approximate surface area is 185 Å². The highest BCUT2D eigenvalue weighted by Crippen LogP contribution is 2.33. The Morgan fingerprint density at radius 2 is 1.16 bits per heavy atom. The summed E-state index contributed by atoms with van der Waals surface area (Å²) in [4.78, 5) is 13.1. The molecule has 0 saturated heterocycles. The van der Waals surface area contributed by atoms with Crippen molar-refractivity contribution in [3.63, 3.8) is 0 Å². The predicted octanol–water partition coefficient (Wildman–Crippen LogP) is 7.22. The standard InChI is InChI=1S/C28H19N3O/c1-3-9-19(10-4-1)25-26(20-11-5-2-6-12-20)31-27(30-25)21-15-17-22(18-16-21)28-29-23-13-7-8-14-24(23)32-28/h1-18H,(H,30,31). The van der Waals surface area contributed by atoms with Crippen molar-refractivity contribution in [3.05, 3.63) is 109 Å². The molecular weight excluding hydrogens is 394 g/mol. The van der Waals surface area contributed by atoms with Gasteiger partial charge in [-0.3, -0.25) is 0 Å². The van der Waals surface area contributed by atoms with Gasteiger partial charge in [-0.05, 0) is 24.3 Å². The maximum Gasteiger partial charge on any atom is 0.227 e. The van der Waals surface area contributed by atoms with E-state index in [1.807, 2.05) is 84.9 Å². The summed E-state index contributed by atoms with van der Waals surface area (Å²) in [5.74, 6) is 1.44. The van der Waals surface area contributed by atoms with Gasteiger partial charge in [0.15, 0.2) is 5.58 Å². The minimum Gasteiger partial charge on any atom is -0.436 e. The number of nitrogens with zero attached hydrogens (tertiary/aromatic N) is 2. The summed E-state index contributed by atoms with van der Waals surface area (Å²) in [6.07, 6.45) is 0. The first-order chi connectivity index (χ1) is 15.8. The average Bonchev–Trinajstić information content (AvgIpc) is 3.50. The van der Waals surface area contributed by atoms with Crippen LogP contribution in [0.5, 0.6) is 0 Å². The van der Waals surface area contributed by atoms with Gasteiger partial charge in [0.2, 0.25) is 5.89 Å². The summed E-state index contributed by atoms with van der Waals surface area (Å²) in [5, 5.41) is 0. The van der Waals surface area contributed by atoms with Crippen LogP contribution < -0.4 is 0 Å². The molecule has 0 spiro atoms. The van der Waals surface area contributed by atoms with Crippen molar-refractivity contribution in [1.82, 2.24) is 15.0 Å². The molecule has 2 heterocycles. The summed E-state index contributed by atoms with van der Waals surface area (Å²) in [5.41, 5.74) is 7.72. The van der Waals surface area contributed by atoms with E-state index in [2.05, 4.69) is 34.2 Å². The molecule has 4 heteroatoms. The van der Waals surface area contributed by atoms with E-state index in [9.17, 15) is 0 Å². The predicted molar refractivity (Wildman–Crippen MR) is 128 cm³/mol. The average molecular weight is 413 g/mol. The number of aromatic amines is 1. The van der Waals surface area contributed by atoms with Crippen molar-refractivity contribution < 1.29 is 4.42 Å². The molecule has 1 N–H and O–H groups in total. The molecule has 6 aromatic rings. The molecule has 0 aliphatic heterocycles. The third kappa shape index (κ3) is 3.28. The Morgan fingerprint density at radius 1 is 0.531 bits per heavy atom. The fourth-order valence-electron chi connectivity index (χ4n) is 3.89. The number of H-pyrrole nitrogens is 1. The van der Waals surface area contributed by atoms with Gasteiger partial charge in [-0.15, -0.1) is 0 Å². The smallest absolute Gasteiger partial charge is 0.227 e. The lowest BCUT2D eigenvalue weighted by Gasteiger charge is -2.02. The monoisotopic (exact) mass is 413 g/mol. The lowest BCUT2D eigenvalue weighted by atomic mass is 10.1. The number of imidazole rings is 1. The van der Waals surface area contributed by atoms with Gasteiger partial charge >= 0.3 is 0 Å². The molecule has 0 unspecified atom stereocenters. The first-order valence-corrected chi connectivity index (χ1v) is 10.5. The molecule has 152 valence electrons. The third-order valence-corrected chi connectivity index (χ3v) is 5.51. The van der Waals surface area contributed by atoms with E-state index in [-0.39, 0.29) is 0 Å². The van der Waals surface area contributed by atoms with Crippen molar-refractivity contribution in [2.24, 2.45) is 0 Å². The maximum absolute atomic E-state index is 5.90. The highest BCUT2D eigenvalue weighted by Gasteiger charge is 2.15.